The van der Waals surface area contributed by atoms with Crippen molar-refractivity contribution in [2.24, 2.45) is 5.92 Å². The summed E-state index contributed by atoms with van der Waals surface area (Å²) in [6.45, 7) is 3.37. The Hall–Kier alpha value is -1.53. The second-order valence-corrected chi connectivity index (χ2v) is 4.11. The summed E-state index contributed by atoms with van der Waals surface area (Å²) in [7, 11) is 0. The van der Waals surface area contributed by atoms with Crippen LogP contribution in [0.3, 0.4) is 0 Å². The quantitative estimate of drug-likeness (QED) is 0.630. The molecule has 1 heterocycles. The van der Waals surface area contributed by atoms with Gasteiger partial charge in [-0.25, -0.2) is 14.8 Å². The lowest BCUT2D eigenvalue weighted by Gasteiger charge is -2.14. The number of rotatable bonds is 8. The Morgan fingerprint density at radius 3 is 2.94 bits per heavy atom. The molecule has 1 aromatic rings. The molecule has 6 nitrogen and oxygen atoms in total. The molecule has 0 radical (unpaired) electrons. The summed E-state index contributed by atoms with van der Waals surface area (Å²) in [6.07, 6.45) is 4.37. The lowest BCUT2D eigenvalue weighted by Crippen LogP contribution is -2.24. The number of carbonyl (C=O) groups is 1. The van der Waals surface area contributed by atoms with Gasteiger partial charge in [0.25, 0.3) is 0 Å². The second-order valence-electron chi connectivity index (χ2n) is 4.11. The van der Waals surface area contributed by atoms with Crippen LogP contribution in [0.1, 0.15) is 35.8 Å². The Labute approximate surface area is 106 Å². The maximum Gasteiger partial charge on any atom is 0.339 e. The maximum atomic E-state index is 10.9. The number of nitrogens with one attached hydrogen (secondary N) is 1. The molecular weight excluding hydrogens is 234 g/mol. The summed E-state index contributed by atoms with van der Waals surface area (Å²) in [5, 5.41) is 21.0. The van der Waals surface area contributed by atoms with E-state index in [1.54, 1.807) is 0 Å². The van der Waals surface area contributed by atoms with Gasteiger partial charge in [0.1, 0.15) is 11.9 Å². The third kappa shape index (κ3) is 4.38. The van der Waals surface area contributed by atoms with E-state index in [-0.39, 0.29) is 12.2 Å². The summed E-state index contributed by atoms with van der Waals surface area (Å²) in [4.78, 5) is 18.6. The molecule has 0 bridgehead atoms. The molecule has 6 heteroatoms. The number of carboxylic acid groups (broad SMARTS) is 1. The molecule has 0 aliphatic carbocycles. The van der Waals surface area contributed by atoms with Gasteiger partial charge in [0, 0.05) is 19.3 Å². The molecule has 1 rings (SSSR count). The fourth-order valence-electron chi connectivity index (χ4n) is 1.70. The van der Waals surface area contributed by atoms with E-state index in [0.717, 1.165) is 19.4 Å². The summed E-state index contributed by atoms with van der Waals surface area (Å²) < 4.78 is 0. The standard InChI is InChI=1S/C12H19N3O3/c1-2-9(3-4-16)5-13-7-11-10(12(17)18)6-14-8-15-11/h6,8-9,13,16H,2-5,7H2,1H3,(H,17,18). The van der Waals surface area contributed by atoms with Crippen LogP contribution in [0.25, 0.3) is 0 Å². The van der Waals surface area contributed by atoms with Crippen LogP contribution in [0.5, 0.6) is 0 Å². The average molecular weight is 253 g/mol. The molecule has 3 N–H and O–H groups in total. The van der Waals surface area contributed by atoms with E-state index < -0.39 is 5.97 Å². The molecule has 0 amide bonds. The normalized spacial score (nSPS) is 12.3. The van der Waals surface area contributed by atoms with Crippen LogP contribution in [0.4, 0.5) is 0 Å². The third-order valence-electron chi connectivity index (χ3n) is 2.87. The van der Waals surface area contributed by atoms with Crippen molar-refractivity contribution >= 4 is 5.97 Å². The zero-order valence-corrected chi connectivity index (χ0v) is 10.5. The highest BCUT2D eigenvalue weighted by molar-refractivity contribution is 5.88. The number of carboxylic acids is 1. The SMILES string of the molecule is CCC(CCO)CNCc1ncncc1C(=O)O. The molecular formula is C12H19N3O3. The van der Waals surface area contributed by atoms with Gasteiger partial charge in [0.2, 0.25) is 0 Å². The molecule has 1 unspecified atom stereocenters. The Morgan fingerprint density at radius 2 is 2.33 bits per heavy atom. The van der Waals surface area contributed by atoms with E-state index >= 15 is 0 Å². The predicted molar refractivity (Wildman–Crippen MR) is 66.2 cm³/mol. The molecule has 1 aromatic heterocycles. The number of nitrogens with zero attached hydrogens (tertiary/aromatic N) is 2. The zero-order chi connectivity index (χ0) is 13.4. The Kier molecular flexibility index (Phi) is 6.24. The minimum Gasteiger partial charge on any atom is -0.478 e. The van der Waals surface area contributed by atoms with E-state index in [9.17, 15) is 4.79 Å². The first-order valence-corrected chi connectivity index (χ1v) is 6.02. The minimum absolute atomic E-state index is 0.125. The topological polar surface area (TPSA) is 95.3 Å². The molecule has 0 saturated carbocycles. The highest BCUT2D eigenvalue weighted by atomic mass is 16.4. The second kappa shape index (κ2) is 7.73. The fraction of sp³-hybridized carbons (Fsp3) is 0.583. The molecule has 0 saturated heterocycles. The van der Waals surface area contributed by atoms with Crippen molar-refractivity contribution in [2.75, 3.05) is 13.2 Å². The highest BCUT2D eigenvalue weighted by Crippen LogP contribution is 2.07. The van der Waals surface area contributed by atoms with Crippen LogP contribution >= 0.6 is 0 Å². The van der Waals surface area contributed by atoms with Gasteiger partial charge in [-0.1, -0.05) is 13.3 Å². The number of aliphatic hydroxyl groups excluding tert-OH is 1. The van der Waals surface area contributed by atoms with Crippen LogP contribution in [-0.4, -0.2) is 39.3 Å². The number of hydrogen-bond donors (Lipinski definition) is 3. The largest absolute Gasteiger partial charge is 0.478 e. The Balaban J connectivity index is 2.50. The fourth-order valence-corrected chi connectivity index (χ4v) is 1.70. The van der Waals surface area contributed by atoms with Crippen LogP contribution in [0.2, 0.25) is 0 Å². The number of aliphatic hydroxyl groups is 1. The lowest BCUT2D eigenvalue weighted by molar-refractivity contribution is 0.0694. The summed E-state index contributed by atoms with van der Waals surface area (Å²) in [6, 6.07) is 0. The van der Waals surface area contributed by atoms with Crippen LogP contribution in [-0.2, 0) is 6.54 Å². The minimum atomic E-state index is -1.02. The van der Waals surface area contributed by atoms with Crippen LogP contribution < -0.4 is 5.32 Å². The van der Waals surface area contributed by atoms with Gasteiger partial charge in [-0.3, -0.25) is 0 Å². The van der Waals surface area contributed by atoms with E-state index in [1.165, 1.54) is 12.5 Å². The molecule has 0 aliphatic rings. The highest BCUT2D eigenvalue weighted by Gasteiger charge is 2.11. The molecule has 1 atom stereocenters. The molecule has 0 spiro atoms. The predicted octanol–water partition coefficient (Wildman–Crippen LogP) is 0.673. The number of aromatic carboxylic acids is 1. The van der Waals surface area contributed by atoms with E-state index in [2.05, 4.69) is 22.2 Å². The van der Waals surface area contributed by atoms with Gasteiger partial charge in [0.15, 0.2) is 0 Å². The van der Waals surface area contributed by atoms with Crippen molar-refractivity contribution in [3.8, 4) is 0 Å². The summed E-state index contributed by atoms with van der Waals surface area (Å²) in [5.74, 6) is -0.625. The average Bonchev–Trinajstić information content (AvgIpc) is 2.38. The first-order valence-electron chi connectivity index (χ1n) is 6.02. The van der Waals surface area contributed by atoms with E-state index in [0.29, 0.717) is 18.2 Å². The molecule has 0 fully saturated rings. The zero-order valence-electron chi connectivity index (χ0n) is 10.5. The maximum absolute atomic E-state index is 10.9. The van der Waals surface area contributed by atoms with Gasteiger partial charge in [0.05, 0.1) is 5.69 Å². The molecule has 100 valence electrons. The Bertz CT molecular complexity index is 385. The van der Waals surface area contributed by atoms with Gasteiger partial charge in [-0.2, -0.15) is 0 Å². The van der Waals surface area contributed by atoms with Gasteiger partial charge < -0.3 is 15.5 Å². The monoisotopic (exact) mass is 253 g/mol. The van der Waals surface area contributed by atoms with Gasteiger partial charge in [-0.05, 0) is 18.9 Å². The summed E-state index contributed by atoms with van der Waals surface area (Å²) >= 11 is 0. The number of hydrogen-bond acceptors (Lipinski definition) is 5. The lowest BCUT2D eigenvalue weighted by atomic mass is 10.0. The Morgan fingerprint density at radius 1 is 1.56 bits per heavy atom. The molecule has 18 heavy (non-hydrogen) atoms. The smallest absolute Gasteiger partial charge is 0.339 e. The summed E-state index contributed by atoms with van der Waals surface area (Å²) in [5.41, 5.74) is 0.608. The first-order chi connectivity index (χ1) is 8.69. The van der Waals surface area contributed by atoms with Crippen molar-refractivity contribution in [1.29, 1.82) is 0 Å². The molecule has 0 aliphatic heterocycles. The van der Waals surface area contributed by atoms with Crippen molar-refractivity contribution in [1.82, 2.24) is 15.3 Å². The van der Waals surface area contributed by atoms with Crippen LogP contribution in [0, 0.1) is 5.92 Å². The van der Waals surface area contributed by atoms with Crippen molar-refractivity contribution in [3.05, 3.63) is 23.8 Å². The van der Waals surface area contributed by atoms with E-state index in [1.807, 2.05) is 0 Å². The van der Waals surface area contributed by atoms with Crippen molar-refractivity contribution in [2.45, 2.75) is 26.3 Å². The van der Waals surface area contributed by atoms with Gasteiger partial charge in [-0.15, -0.1) is 0 Å². The van der Waals surface area contributed by atoms with Gasteiger partial charge >= 0.3 is 5.97 Å². The third-order valence-corrected chi connectivity index (χ3v) is 2.87. The van der Waals surface area contributed by atoms with Crippen molar-refractivity contribution in [3.63, 3.8) is 0 Å². The number of aromatic nitrogens is 2. The van der Waals surface area contributed by atoms with Crippen LogP contribution in [0.15, 0.2) is 12.5 Å². The van der Waals surface area contributed by atoms with E-state index in [4.69, 9.17) is 10.2 Å². The first kappa shape index (κ1) is 14.5. The molecule has 0 aromatic carbocycles. The van der Waals surface area contributed by atoms with Crippen molar-refractivity contribution < 1.29 is 15.0 Å².